The van der Waals surface area contributed by atoms with Crippen LogP contribution >= 0.6 is 12.4 Å². The molecule has 3 aliphatic rings. The van der Waals surface area contributed by atoms with Gasteiger partial charge in [0.05, 0.1) is 13.2 Å². The van der Waals surface area contributed by atoms with Gasteiger partial charge in [-0.3, -0.25) is 0 Å². The molecule has 3 atom stereocenters. The zero-order chi connectivity index (χ0) is 15.4. The third-order valence-electron chi connectivity index (χ3n) is 5.81. The van der Waals surface area contributed by atoms with Crippen molar-refractivity contribution in [1.82, 2.24) is 10.2 Å². The topological polar surface area (TPSA) is 50.8 Å². The van der Waals surface area contributed by atoms with E-state index in [0.717, 1.165) is 51.4 Å². The second kappa shape index (κ2) is 9.09. The van der Waals surface area contributed by atoms with Crippen molar-refractivity contribution < 1.29 is 14.3 Å². The maximum atomic E-state index is 12.0. The van der Waals surface area contributed by atoms with Gasteiger partial charge in [-0.05, 0) is 62.9 Å². The Morgan fingerprint density at radius 3 is 2.57 bits per heavy atom. The Morgan fingerprint density at radius 1 is 1.17 bits per heavy atom. The first kappa shape index (κ1) is 18.8. The summed E-state index contributed by atoms with van der Waals surface area (Å²) in [6.07, 6.45) is 7.16. The molecule has 3 unspecified atom stereocenters. The van der Waals surface area contributed by atoms with E-state index >= 15 is 0 Å². The number of alkyl carbamates (subject to hydrolysis) is 1. The van der Waals surface area contributed by atoms with Crippen LogP contribution in [-0.2, 0) is 9.47 Å². The lowest BCUT2D eigenvalue weighted by Crippen LogP contribution is -2.40. The van der Waals surface area contributed by atoms with Gasteiger partial charge >= 0.3 is 6.09 Å². The molecule has 3 rings (SSSR count). The summed E-state index contributed by atoms with van der Waals surface area (Å²) in [5, 5.41) is 3.10. The minimum absolute atomic E-state index is 0. The van der Waals surface area contributed by atoms with Crippen LogP contribution in [0.5, 0.6) is 0 Å². The highest BCUT2D eigenvalue weighted by molar-refractivity contribution is 5.85. The lowest BCUT2D eigenvalue weighted by molar-refractivity contribution is 0.0809. The number of halogens is 1. The fourth-order valence-corrected chi connectivity index (χ4v) is 4.41. The number of piperidine rings is 1. The summed E-state index contributed by atoms with van der Waals surface area (Å²) in [5.41, 5.74) is 0. The normalized spacial score (nSPS) is 30.9. The Balaban J connectivity index is 0.00000192. The highest BCUT2D eigenvalue weighted by Gasteiger charge is 2.40. The van der Waals surface area contributed by atoms with Crippen LogP contribution < -0.4 is 5.32 Å². The first-order chi connectivity index (χ1) is 10.7. The number of amides is 1. The summed E-state index contributed by atoms with van der Waals surface area (Å²) in [6.45, 7) is 4.56. The number of nitrogens with one attached hydrogen (secondary N) is 1. The third kappa shape index (κ3) is 5.23. The van der Waals surface area contributed by atoms with Crippen molar-refractivity contribution in [1.29, 1.82) is 0 Å². The summed E-state index contributed by atoms with van der Waals surface area (Å²) in [5.74, 6) is 2.08. The van der Waals surface area contributed by atoms with E-state index < -0.39 is 0 Å². The molecule has 1 N–H and O–H groups in total. The van der Waals surface area contributed by atoms with Crippen molar-refractivity contribution in [2.45, 2.75) is 44.6 Å². The van der Waals surface area contributed by atoms with E-state index in [9.17, 15) is 4.79 Å². The Hall–Kier alpha value is -0.520. The predicted molar refractivity (Wildman–Crippen MR) is 92.0 cm³/mol. The van der Waals surface area contributed by atoms with Gasteiger partial charge in [0.25, 0.3) is 0 Å². The van der Waals surface area contributed by atoms with Crippen LogP contribution in [0.2, 0.25) is 0 Å². The van der Waals surface area contributed by atoms with Crippen LogP contribution in [0.1, 0.15) is 38.5 Å². The molecule has 1 saturated heterocycles. The van der Waals surface area contributed by atoms with Gasteiger partial charge < -0.3 is 19.7 Å². The van der Waals surface area contributed by atoms with Crippen molar-refractivity contribution in [3.8, 4) is 0 Å². The van der Waals surface area contributed by atoms with E-state index in [-0.39, 0.29) is 18.5 Å². The number of likely N-dealkylation sites (tertiary alicyclic amines) is 1. The Morgan fingerprint density at radius 2 is 1.96 bits per heavy atom. The van der Waals surface area contributed by atoms with E-state index in [0.29, 0.717) is 24.5 Å². The van der Waals surface area contributed by atoms with Crippen LogP contribution in [0.25, 0.3) is 0 Å². The highest BCUT2D eigenvalue weighted by atomic mass is 35.5. The molecule has 0 aromatic heterocycles. The molecule has 1 heterocycles. The number of carbonyl (C=O) groups is 1. The molecule has 134 valence electrons. The standard InChI is InChI=1S/C17H30N2O3.ClH/c1-21-9-8-19-6-4-13(5-7-19)12-22-17(20)18-16-11-14-2-3-15(16)10-14;/h13-16H,2-12H2,1H3,(H,18,20);1H. The minimum atomic E-state index is -0.195. The molecule has 1 amide bonds. The molecule has 0 radical (unpaired) electrons. The maximum Gasteiger partial charge on any atom is 0.407 e. The molecule has 2 saturated carbocycles. The van der Waals surface area contributed by atoms with E-state index in [1.807, 2.05) is 0 Å². The number of hydrogen-bond donors (Lipinski definition) is 1. The Kier molecular flexibility index (Phi) is 7.44. The van der Waals surface area contributed by atoms with Gasteiger partial charge in [-0.25, -0.2) is 4.79 Å². The first-order valence-electron chi connectivity index (χ1n) is 8.89. The van der Waals surface area contributed by atoms with Crippen molar-refractivity contribution >= 4 is 18.5 Å². The number of nitrogens with zero attached hydrogens (tertiary/aromatic N) is 1. The monoisotopic (exact) mass is 346 g/mol. The molecular formula is C17H31ClN2O3. The molecule has 0 aromatic rings. The van der Waals surface area contributed by atoms with Gasteiger partial charge in [0.15, 0.2) is 0 Å². The lowest BCUT2D eigenvalue weighted by atomic mass is 9.95. The quantitative estimate of drug-likeness (QED) is 0.803. The number of ether oxygens (including phenoxy) is 2. The van der Waals surface area contributed by atoms with Crippen molar-refractivity contribution in [3.63, 3.8) is 0 Å². The molecule has 6 heteroatoms. The second-order valence-electron chi connectivity index (χ2n) is 7.30. The van der Waals surface area contributed by atoms with E-state index in [4.69, 9.17) is 9.47 Å². The Bertz CT molecular complexity index is 375. The number of carbonyl (C=O) groups excluding carboxylic acids is 1. The van der Waals surface area contributed by atoms with Crippen LogP contribution in [-0.4, -0.2) is 57.0 Å². The van der Waals surface area contributed by atoms with Gasteiger partial charge in [-0.2, -0.15) is 0 Å². The molecule has 1 aliphatic heterocycles. The van der Waals surface area contributed by atoms with Gasteiger partial charge in [0, 0.05) is 19.7 Å². The third-order valence-corrected chi connectivity index (χ3v) is 5.81. The lowest BCUT2D eigenvalue weighted by Gasteiger charge is -2.31. The van der Waals surface area contributed by atoms with Crippen molar-refractivity contribution in [2.75, 3.05) is 40.0 Å². The zero-order valence-corrected chi connectivity index (χ0v) is 15.0. The summed E-state index contributed by atoms with van der Waals surface area (Å²) in [4.78, 5) is 14.4. The zero-order valence-electron chi connectivity index (χ0n) is 14.2. The molecule has 0 spiro atoms. The van der Waals surface area contributed by atoms with Gasteiger partial charge in [0.1, 0.15) is 0 Å². The molecule has 5 nitrogen and oxygen atoms in total. The van der Waals surface area contributed by atoms with E-state index in [2.05, 4.69) is 10.2 Å². The van der Waals surface area contributed by atoms with Crippen molar-refractivity contribution in [2.24, 2.45) is 17.8 Å². The van der Waals surface area contributed by atoms with Gasteiger partial charge in [-0.1, -0.05) is 6.42 Å². The summed E-state index contributed by atoms with van der Waals surface area (Å²) in [7, 11) is 1.75. The van der Waals surface area contributed by atoms with Gasteiger partial charge in [0.2, 0.25) is 0 Å². The fraction of sp³-hybridized carbons (Fsp3) is 0.941. The second-order valence-corrected chi connectivity index (χ2v) is 7.30. The van der Waals surface area contributed by atoms with Crippen LogP contribution in [0, 0.1) is 17.8 Å². The summed E-state index contributed by atoms with van der Waals surface area (Å²) in [6, 6.07) is 0.377. The Labute approximate surface area is 145 Å². The predicted octanol–water partition coefficient (Wildman–Crippen LogP) is 2.68. The SMILES string of the molecule is COCCN1CCC(COC(=O)NC2CC3CCC2C3)CC1.Cl. The van der Waals surface area contributed by atoms with Crippen LogP contribution in [0.3, 0.4) is 0 Å². The highest BCUT2D eigenvalue weighted by Crippen LogP contribution is 2.44. The largest absolute Gasteiger partial charge is 0.449 e. The summed E-state index contributed by atoms with van der Waals surface area (Å²) >= 11 is 0. The molecule has 2 aliphatic carbocycles. The first-order valence-corrected chi connectivity index (χ1v) is 8.89. The van der Waals surface area contributed by atoms with Gasteiger partial charge in [-0.15, -0.1) is 12.4 Å². The van der Waals surface area contributed by atoms with E-state index in [1.54, 1.807) is 7.11 Å². The smallest absolute Gasteiger partial charge is 0.407 e. The van der Waals surface area contributed by atoms with Crippen molar-refractivity contribution in [3.05, 3.63) is 0 Å². The number of methoxy groups -OCH3 is 1. The molecular weight excluding hydrogens is 316 g/mol. The number of hydrogen-bond acceptors (Lipinski definition) is 4. The average molecular weight is 347 g/mol. The van der Waals surface area contributed by atoms with E-state index in [1.165, 1.54) is 19.3 Å². The molecule has 2 bridgehead atoms. The molecule has 3 fully saturated rings. The van der Waals surface area contributed by atoms with Crippen LogP contribution in [0.15, 0.2) is 0 Å². The average Bonchev–Trinajstić information content (AvgIpc) is 3.14. The molecule has 23 heavy (non-hydrogen) atoms. The maximum absolute atomic E-state index is 12.0. The summed E-state index contributed by atoms with van der Waals surface area (Å²) < 4.78 is 10.6. The minimum Gasteiger partial charge on any atom is -0.449 e. The number of fused-ring (bicyclic) bond motifs is 2. The van der Waals surface area contributed by atoms with Crippen LogP contribution in [0.4, 0.5) is 4.79 Å². The molecule has 0 aromatic carbocycles. The fourth-order valence-electron chi connectivity index (χ4n) is 4.41. The number of rotatable bonds is 6.